The minimum atomic E-state index is -2.62. The number of hydrogen-bond donors (Lipinski definition) is 1. The van der Waals surface area contributed by atoms with Gasteiger partial charge in [-0.05, 0) is 32.2 Å². The van der Waals surface area contributed by atoms with Crippen molar-refractivity contribution in [2.24, 2.45) is 0 Å². The number of ether oxygens (including phenoxy) is 1. The minimum Gasteiger partial charge on any atom is -0.476 e. The molecule has 2 aliphatic rings. The van der Waals surface area contributed by atoms with Crippen molar-refractivity contribution in [3.63, 3.8) is 0 Å². The second-order valence-corrected chi connectivity index (χ2v) is 5.76. The molecule has 5 nitrogen and oxygen atoms in total. The maximum absolute atomic E-state index is 12.6. The molecule has 116 valence electrons. The lowest BCUT2D eigenvalue weighted by Gasteiger charge is -2.33. The summed E-state index contributed by atoms with van der Waals surface area (Å²) in [6, 6.07) is 1.40. The van der Waals surface area contributed by atoms with Crippen LogP contribution in [0, 0.1) is 0 Å². The van der Waals surface area contributed by atoms with Crippen LogP contribution < -0.4 is 4.74 Å². The summed E-state index contributed by atoms with van der Waals surface area (Å²) in [5, 5.41) is 9.64. The van der Waals surface area contributed by atoms with Gasteiger partial charge in [-0.2, -0.15) is 0 Å². The lowest BCUT2D eigenvalue weighted by Crippen LogP contribution is -2.46. The first-order chi connectivity index (χ1) is 10.1. The number of rotatable bonds is 5. The predicted octanol–water partition coefficient (Wildman–Crippen LogP) is 1.78. The van der Waals surface area contributed by atoms with E-state index in [-0.39, 0.29) is 29.8 Å². The first-order valence-electron chi connectivity index (χ1n) is 7.25. The van der Waals surface area contributed by atoms with Gasteiger partial charge in [-0.15, -0.1) is 0 Å². The van der Waals surface area contributed by atoms with Gasteiger partial charge in [0.15, 0.2) is 0 Å². The number of halogens is 2. The first kappa shape index (κ1) is 14.6. The fourth-order valence-corrected chi connectivity index (χ4v) is 3.54. The molecular formula is C14H19F2N3O2. The summed E-state index contributed by atoms with van der Waals surface area (Å²) in [5.41, 5.74) is -0.411. The molecule has 0 radical (unpaired) electrons. The number of aliphatic hydroxyl groups is 1. The number of nitrogens with zero attached hydrogens (tertiary/aromatic N) is 3. The molecule has 0 aliphatic carbocycles. The van der Waals surface area contributed by atoms with Gasteiger partial charge in [-0.25, -0.2) is 18.7 Å². The van der Waals surface area contributed by atoms with Gasteiger partial charge in [-0.1, -0.05) is 0 Å². The highest BCUT2D eigenvalue weighted by Gasteiger charge is 2.48. The summed E-state index contributed by atoms with van der Waals surface area (Å²) in [4.78, 5) is 9.69. The summed E-state index contributed by atoms with van der Waals surface area (Å²) >= 11 is 0. The zero-order valence-electron chi connectivity index (χ0n) is 11.7. The van der Waals surface area contributed by atoms with Crippen molar-refractivity contribution in [3.05, 3.63) is 18.1 Å². The largest absolute Gasteiger partial charge is 0.476 e. The average molecular weight is 299 g/mol. The standard InChI is InChI=1S/C14H19F2N3O2/c15-13(16)11-6-12(18-9-17-11)21-7-10-2-4-14(8-20)3-1-5-19(10)14/h6,9-10,13,20H,1-5,7-8H2/t10-,14-/m0/s1. The molecule has 3 rings (SSSR count). The van der Waals surface area contributed by atoms with Crippen molar-refractivity contribution < 1.29 is 18.6 Å². The van der Waals surface area contributed by atoms with E-state index in [0.29, 0.717) is 6.61 Å². The Morgan fingerprint density at radius 1 is 1.43 bits per heavy atom. The Bertz CT molecular complexity index is 503. The van der Waals surface area contributed by atoms with Crippen molar-refractivity contribution in [2.45, 2.75) is 43.7 Å². The minimum absolute atomic E-state index is 0.0895. The van der Waals surface area contributed by atoms with Crippen LogP contribution in [0.25, 0.3) is 0 Å². The van der Waals surface area contributed by atoms with E-state index in [1.54, 1.807) is 0 Å². The van der Waals surface area contributed by atoms with E-state index in [0.717, 1.165) is 38.6 Å². The van der Waals surface area contributed by atoms with Crippen LogP contribution in [0.1, 0.15) is 37.8 Å². The number of alkyl halides is 2. The molecule has 1 aromatic rings. The van der Waals surface area contributed by atoms with Crippen molar-refractivity contribution >= 4 is 0 Å². The topological polar surface area (TPSA) is 58.5 Å². The molecule has 2 fully saturated rings. The van der Waals surface area contributed by atoms with Crippen LogP contribution in [0.2, 0.25) is 0 Å². The monoisotopic (exact) mass is 299 g/mol. The Balaban J connectivity index is 1.62. The zero-order chi connectivity index (χ0) is 14.9. The Morgan fingerprint density at radius 3 is 3.05 bits per heavy atom. The molecule has 1 aromatic heterocycles. The summed E-state index contributed by atoms with van der Waals surface area (Å²) in [7, 11) is 0. The molecule has 2 saturated heterocycles. The summed E-state index contributed by atoms with van der Waals surface area (Å²) in [6.45, 7) is 1.54. The smallest absolute Gasteiger partial charge is 0.280 e. The first-order valence-corrected chi connectivity index (χ1v) is 7.25. The molecule has 7 heteroatoms. The Labute approximate surface area is 122 Å². The molecule has 1 N–H and O–H groups in total. The highest BCUT2D eigenvalue weighted by atomic mass is 19.3. The van der Waals surface area contributed by atoms with Crippen molar-refractivity contribution in [2.75, 3.05) is 19.8 Å². The van der Waals surface area contributed by atoms with Crippen LogP contribution in [-0.2, 0) is 0 Å². The van der Waals surface area contributed by atoms with Gasteiger partial charge >= 0.3 is 0 Å². The zero-order valence-corrected chi connectivity index (χ0v) is 11.7. The SMILES string of the molecule is OC[C@@]12CCCN1[C@H](COc1cc(C(F)F)ncn1)CC2. The molecule has 0 unspecified atom stereocenters. The highest BCUT2D eigenvalue weighted by molar-refractivity contribution is 5.14. The number of hydrogen-bond acceptors (Lipinski definition) is 5. The second-order valence-electron chi connectivity index (χ2n) is 5.76. The number of aliphatic hydroxyl groups excluding tert-OH is 1. The summed E-state index contributed by atoms with van der Waals surface area (Å²) in [5.74, 6) is 0.181. The molecule has 0 spiro atoms. The normalized spacial score (nSPS) is 29.0. The molecular weight excluding hydrogens is 280 g/mol. The third kappa shape index (κ3) is 2.72. The molecule has 0 amide bonds. The third-order valence-corrected chi connectivity index (χ3v) is 4.64. The van der Waals surface area contributed by atoms with Crippen LogP contribution in [0.4, 0.5) is 8.78 Å². The number of aromatic nitrogens is 2. The van der Waals surface area contributed by atoms with E-state index < -0.39 is 6.43 Å². The Morgan fingerprint density at radius 2 is 2.29 bits per heavy atom. The molecule has 21 heavy (non-hydrogen) atoms. The van der Waals surface area contributed by atoms with E-state index in [1.165, 1.54) is 6.07 Å². The molecule has 3 heterocycles. The van der Waals surface area contributed by atoms with Crippen LogP contribution in [0.15, 0.2) is 12.4 Å². The lowest BCUT2D eigenvalue weighted by molar-refractivity contribution is 0.0620. The van der Waals surface area contributed by atoms with Gasteiger partial charge in [0.05, 0.1) is 6.61 Å². The molecule has 0 bridgehead atoms. The van der Waals surface area contributed by atoms with Crippen molar-refractivity contribution in [3.8, 4) is 5.88 Å². The predicted molar refractivity (Wildman–Crippen MR) is 71.3 cm³/mol. The molecule has 0 saturated carbocycles. The van der Waals surface area contributed by atoms with Gasteiger partial charge < -0.3 is 9.84 Å². The van der Waals surface area contributed by atoms with Gasteiger partial charge in [0.1, 0.15) is 18.6 Å². The fourth-order valence-electron chi connectivity index (χ4n) is 3.54. The molecule has 0 aromatic carbocycles. The van der Waals surface area contributed by atoms with Crippen molar-refractivity contribution in [1.82, 2.24) is 14.9 Å². The van der Waals surface area contributed by atoms with Crippen LogP contribution >= 0.6 is 0 Å². The summed E-state index contributed by atoms with van der Waals surface area (Å²) < 4.78 is 30.7. The summed E-state index contributed by atoms with van der Waals surface area (Å²) in [6.07, 6.45) is 2.49. The van der Waals surface area contributed by atoms with Crippen LogP contribution in [-0.4, -0.2) is 51.3 Å². The van der Waals surface area contributed by atoms with Gasteiger partial charge in [0, 0.05) is 17.6 Å². The van der Waals surface area contributed by atoms with Gasteiger partial charge in [0.2, 0.25) is 5.88 Å². The van der Waals surface area contributed by atoms with Crippen molar-refractivity contribution in [1.29, 1.82) is 0 Å². The van der Waals surface area contributed by atoms with E-state index >= 15 is 0 Å². The molecule has 2 aliphatic heterocycles. The van der Waals surface area contributed by atoms with Crippen LogP contribution in [0.3, 0.4) is 0 Å². The van der Waals surface area contributed by atoms with E-state index in [1.807, 2.05) is 0 Å². The third-order valence-electron chi connectivity index (χ3n) is 4.64. The second kappa shape index (κ2) is 5.81. The Hall–Kier alpha value is -1.34. The Kier molecular flexibility index (Phi) is 4.03. The number of fused-ring (bicyclic) bond motifs is 1. The quantitative estimate of drug-likeness (QED) is 0.898. The maximum Gasteiger partial charge on any atom is 0.280 e. The lowest BCUT2D eigenvalue weighted by atomic mass is 9.95. The van der Waals surface area contributed by atoms with E-state index in [4.69, 9.17) is 4.74 Å². The van der Waals surface area contributed by atoms with E-state index in [9.17, 15) is 13.9 Å². The van der Waals surface area contributed by atoms with Crippen LogP contribution in [0.5, 0.6) is 5.88 Å². The fraction of sp³-hybridized carbons (Fsp3) is 0.714. The van der Waals surface area contributed by atoms with Gasteiger partial charge in [0.25, 0.3) is 6.43 Å². The highest BCUT2D eigenvalue weighted by Crippen LogP contribution is 2.42. The van der Waals surface area contributed by atoms with E-state index in [2.05, 4.69) is 14.9 Å². The van der Waals surface area contributed by atoms with Gasteiger partial charge in [-0.3, -0.25) is 4.90 Å². The molecule has 2 atom stereocenters. The average Bonchev–Trinajstić information content (AvgIpc) is 3.05. The maximum atomic E-state index is 12.6.